The maximum absolute atomic E-state index is 11.0. The number of hydrogen-bond acceptors (Lipinski definition) is 1. The summed E-state index contributed by atoms with van der Waals surface area (Å²) in [4.78, 5) is 11.0. The zero-order chi connectivity index (χ0) is 20.9. The Bertz CT molecular complexity index is 557. The van der Waals surface area contributed by atoms with Crippen LogP contribution in [0.3, 0.4) is 0 Å². The molecule has 1 N–H and O–H groups in total. The van der Waals surface area contributed by atoms with Crippen LogP contribution in [-0.4, -0.2) is 11.1 Å². The van der Waals surface area contributed by atoms with Gasteiger partial charge in [0, 0.05) is 0 Å². The van der Waals surface area contributed by atoms with Gasteiger partial charge in [0.05, 0.1) is 5.41 Å². The Hall–Kier alpha value is -2.09. The largest absolute Gasteiger partial charge is 0.481 e. The topological polar surface area (TPSA) is 37.3 Å². The molecule has 0 aromatic carbocycles. The Balaban J connectivity index is 3.62. The van der Waals surface area contributed by atoms with Gasteiger partial charge in [-0.2, -0.15) is 0 Å². The van der Waals surface area contributed by atoms with Gasteiger partial charge in [-0.05, 0) is 71.6 Å². The zero-order valence-corrected chi connectivity index (χ0v) is 18.1. The van der Waals surface area contributed by atoms with Gasteiger partial charge in [0.25, 0.3) is 0 Å². The number of carboxylic acids is 1. The van der Waals surface area contributed by atoms with Crippen molar-refractivity contribution in [3.63, 3.8) is 0 Å². The molecule has 2 nitrogen and oxygen atoms in total. The van der Waals surface area contributed by atoms with Crippen LogP contribution < -0.4 is 0 Å². The summed E-state index contributed by atoms with van der Waals surface area (Å²) >= 11 is 0. The van der Waals surface area contributed by atoms with Crippen molar-refractivity contribution >= 4 is 5.97 Å². The average Bonchev–Trinajstić information content (AvgIpc) is 2.66. The van der Waals surface area contributed by atoms with Gasteiger partial charge >= 0.3 is 5.97 Å². The minimum Gasteiger partial charge on any atom is -0.481 e. The van der Waals surface area contributed by atoms with Crippen molar-refractivity contribution in [2.75, 3.05) is 0 Å². The molecule has 156 valence electrons. The second kappa shape index (κ2) is 18.3. The molecule has 0 saturated heterocycles. The molecular weight excluding hydrogens is 344 g/mol. The monoisotopic (exact) mass is 384 g/mol. The molecular formula is C26H40O2. The van der Waals surface area contributed by atoms with Crippen LogP contribution in [0.1, 0.15) is 78.6 Å². The molecule has 0 aliphatic heterocycles. The fourth-order valence-corrected chi connectivity index (χ4v) is 2.41. The van der Waals surface area contributed by atoms with E-state index in [4.69, 9.17) is 5.11 Å². The van der Waals surface area contributed by atoms with E-state index < -0.39 is 11.4 Å². The lowest BCUT2D eigenvalue weighted by molar-refractivity contribution is -0.147. The molecule has 0 amide bonds. The normalized spacial score (nSPS) is 13.5. The third-order valence-corrected chi connectivity index (χ3v) is 4.35. The quantitative estimate of drug-likeness (QED) is 0.216. The Morgan fingerprint density at radius 3 is 1.39 bits per heavy atom. The maximum Gasteiger partial charge on any atom is 0.309 e. The lowest BCUT2D eigenvalue weighted by Gasteiger charge is -2.17. The first-order valence-electron chi connectivity index (χ1n) is 10.6. The third-order valence-electron chi connectivity index (χ3n) is 4.35. The van der Waals surface area contributed by atoms with Crippen LogP contribution in [-0.2, 0) is 4.79 Å². The van der Waals surface area contributed by atoms with Gasteiger partial charge in [-0.1, -0.05) is 79.8 Å². The number of hydrogen-bond donors (Lipinski definition) is 1. The molecule has 0 saturated carbocycles. The van der Waals surface area contributed by atoms with Crippen molar-refractivity contribution in [3.05, 3.63) is 72.9 Å². The van der Waals surface area contributed by atoms with Crippen LogP contribution in [0.4, 0.5) is 0 Å². The number of allylic oxidation sites excluding steroid dienone is 12. The molecule has 0 heterocycles. The smallest absolute Gasteiger partial charge is 0.309 e. The van der Waals surface area contributed by atoms with Crippen molar-refractivity contribution in [3.8, 4) is 0 Å². The molecule has 0 fully saturated rings. The zero-order valence-electron chi connectivity index (χ0n) is 18.1. The molecule has 0 aliphatic carbocycles. The van der Waals surface area contributed by atoms with Crippen molar-refractivity contribution in [1.29, 1.82) is 0 Å². The molecule has 0 rings (SSSR count). The lowest BCUT2D eigenvalue weighted by atomic mass is 9.87. The van der Waals surface area contributed by atoms with Gasteiger partial charge < -0.3 is 5.11 Å². The molecule has 0 atom stereocenters. The SMILES string of the molecule is CC/C=C\C/C=C\C/C=C\C/C=C\C/C=C\C/C=C\CCCC(C)(C)C(=O)O. The second-order valence-electron chi connectivity index (χ2n) is 7.50. The minimum absolute atomic E-state index is 0.613. The van der Waals surface area contributed by atoms with E-state index in [-0.39, 0.29) is 0 Å². The van der Waals surface area contributed by atoms with E-state index >= 15 is 0 Å². The van der Waals surface area contributed by atoms with Gasteiger partial charge in [0.1, 0.15) is 0 Å². The van der Waals surface area contributed by atoms with Crippen molar-refractivity contribution in [2.24, 2.45) is 5.41 Å². The van der Waals surface area contributed by atoms with E-state index in [1.165, 1.54) is 0 Å². The van der Waals surface area contributed by atoms with Crippen molar-refractivity contribution in [1.82, 2.24) is 0 Å². The molecule has 0 aromatic rings. The first kappa shape index (κ1) is 25.9. The van der Waals surface area contributed by atoms with Crippen LogP contribution in [0, 0.1) is 5.41 Å². The highest BCUT2D eigenvalue weighted by molar-refractivity contribution is 5.73. The summed E-state index contributed by atoms with van der Waals surface area (Å²) in [5, 5.41) is 9.06. The number of rotatable bonds is 16. The Morgan fingerprint density at radius 1 is 0.679 bits per heavy atom. The van der Waals surface area contributed by atoms with Crippen LogP contribution in [0.2, 0.25) is 0 Å². The summed E-state index contributed by atoms with van der Waals surface area (Å²) in [6, 6.07) is 0. The fourth-order valence-electron chi connectivity index (χ4n) is 2.41. The van der Waals surface area contributed by atoms with Gasteiger partial charge in [0.15, 0.2) is 0 Å². The Morgan fingerprint density at radius 2 is 1.04 bits per heavy atom. The van der Waals surface area contributed by atoms with Gasteiger partial charge in [-0.25, -0.2) is 0 Å². The molecule has 0 aromatic heterocycles. The highest BCUT2D eigenvalue weighted by atomic mass is 16.4. The highest BCUT2D eigenvalue weighted by Gasteiger charge is 2.25. The van der Waals surface area contributed by atoms with Crippen LogP contribution in [0.15, 0.2) is 72.9 Å². The van der Waals surface area contributed by atoms with E-state index in [2.05, 4.69) is 79.8 Å². The van der Waals surface area contributed by atoms with E-state index in [1.807, 2.05) is 0 Å². The predicted molar refractivity (Wildman–Crippen MR) is 123 cm³/mol. The minimum atomic E-state index is -0.713. The molecule has 0 unspecified atom stereocenters. The van der Waals surface area contributed by atoms with Crippen LogP contribution in [0.5, 0.6) is 0 Å². The summed E-state index contributed by atoms with van der Waals surface area (Å²) in [6.45, 7) is 5.73. The number of carboxylic acid groups (broad SMARTS) is 1. The number of unbranched alkanes of at least 4 members (excludes halogenated alkanes) is 1. The van der Waals surface area contributed by atoms with E-state index in [0.717, 1.165) is 51.4 Å². The highest BCUT2D eigenvalue weighted by Crippen LogP contribution is 2.23. The van der Waals surface area contributed by atoms with E-state index in [9.17, 15) is 4.79 Å². The molecule has 0 radical (unpaired) electrons. The summed E-state index contributed by atoms with van der Waals surface area (Å²) in [5.41, 5.74) is -0.613. The van der Waals surface area contributed by atoms with Gasteiger partial charge in [-0.3, -0.25) is 4.79 Å². The molecule has 2 heteroatoms. The van der Waals surface area contributed by atoms with Crippen LogP contribution in [0.25, 0.3) is 0 Å². The molecule has 28 heavy (non-hydrogen) atoms. The summed E-state index contributed by atoms with van der Waals surface area (Å²) in [7, 11) is 0. The van der Waals surface area contributed by atoms with E-state index in [0.29, 0.717) is 6.42 Å². The maximum atomic E-state index is 11.0. The first-order chi connectivity index (χ1) is 13.5. The van der Waals surface area contributed by atoms with Crippen LogP contribution >= 0.6 is 0 Å². The standard InChI is InChI=1S/C26H40O2/c1-4-5-6-7-8-9-10-11-12-13-14-15-16-17-18-19-20-21-22-23-24-26(2,3)25(27)28/h5-6,8-9,11-12,14-15,17-18,20-21H,4,7,10,13,16,19,22-24H2,1-3H3,(H,27,28)/b6-5-,9-8-,12-11-,15-14-,18-17-,21-20-. The Kier molecular flexibility index (Phi) is 16.9. The summed E-state index contributed by atoms with van der Waals surface area (Å²) in [5.74, 6) is -0.713. The molecule has 0 spiro atoms. The summed E-state index contributed by atoms with van der Waals surface area (Å²) < 4.78 is 0. The van der Waals surface area contributed by atoms with Crippen molar-refractivity contribution < 1.29 is 9.90 Å². The average molecular weight is 385 g/mol. The van der Waals surface area contributed by atoms with E-state index in [1.54, 1.807) is 13.8 Å². The Labute approximate surface area is 173 Å². The fraction of sp³-hybridized carbons (Fsp3) is 0.500. The van der Waals surface area contributed by atoms with Crippen molar-refractivity contribution in [2.45, 2.75) is 78.6 Å². The second-order valence-corrected chi connectivity index (χ2v) is 7.50. The third kappa shape index (κ3) is 17.3. The lowest BCUT2D eigenvalue weighted by Crippen LogP contribution is -2.23. The molecule has 0 aliphatic rings. The number of aliphatic carboxylic acids is 1. The molecule has 0 bridgehead atoms. The number of carbonyl (C=O) groups is 1. The predicted octanol–water partition coefficient (Wildman–Crippen LogP) is 7.97. The van der Waals surface area contributed by atoms with Gasteiger partial charge in [0.2, 0.25) is 0 Å². The first-order valence-corrected chi connectivity index (χ1v) is 10.6. The van der Waals surface area contributed by atoms with Gasteiger partial charge in [-0.15, -0.1) is 0 Å². The summed E-state index contributed by atoms with van der Waals surface area (Å²) in [6.07, 6.45) is 34.9.